The van der Waals surface area contributed by atoms with Gasteiger partial charge in [0.1, 0.15) is 5.78 Å². The van der Waals surface area contributed by atoms with Gasteiger partial charge in [0.15, 0.2) is 0 Å². The first-order valence-electron chi connectivity index (χ1n) is 5.95. The van der Waals surface area contributed by atoms with Crippen LogP contribution in [0.2, 0.25) is 5.02 Å². The van der Waals surface area contributed by atoms with E-state index in [2.05, 4.69) is 19.1 Å². The maximum absolute atomic E-state index is 11.9. The lowest BCUT2D eigenvalue weighted by molar-refractivity contribution is -0.118. The van der Waals surface area contributed by atoms with E-state index in [1.54, 1.807) is 11.3 Å². The molecule has 0 bridgehead atoms. The van der Waals surface area contributed by atoms with Gasteiger partial charge < -0.3 is 0 Å². The molecule has 0 saturated heterocycles. The summed E-state index contributed by atoms with van der Waals surface area (Å²) in [6.45, 7) is 2.08. The Bertz CT molecular complexity index is 545. The van der Waals surface area contributed by atoms with Crippen molar-refractivity contribution < 1.29 is 4.79 Å². The van der Waals surface area contributed by atoms with Crippen LogP contribution in [0.3, 0.4) is 0 Å². The van der Waals surface area contributed by atoms with Crippen LogP contribution in [0.4, 0.5) is 0 Å². The minimum absolute atomic E-state index is 0.252. The van der Waals surface area contributed by atoms with Crippen LogP contribution in [0.25, 0.3) is 0 Å². The molecule has 0 spiro atoms. The minimum atomic E-state index is 0.252. The van der Waals surface area contributed by atoms with Crippen molar-refractivity contribution >= 4 is 28.7 Å². The van der Waals surface area contributed by atoms with Gasteiger partial charge in [-0.1, -0.05) is 35.9 Å². The van der Waals surface area contributed by atoms with Crippen molar-refractivity contribution in [2.45, 2.75) is 26.2 Å². The molecule has 0 saturated carbocycles. The normalized spacial score (nSPS) is 10.6. The third-order valence-electron chi connectivity index (χ3n) is 2.98. The van der Waals surface area contributed by atoms with Gasteiger partial charge in [0, 0.05) is 17.7 Å². The fourth-order valence-corrected chi connectivity index (χ4v) is 3.01. The number of Topliss-reactive ketones (excluding diaryl/α,β-unsaturated/α-hetero) is 1. The third-order valence-corrected chi connectivity index (χ3v) is 4.37. The molecular weight excluding hydrogens is 264 g/mol. The highest BCUT2D eigenvalue weighted by atomic mass is 35.5. The van der Waals surface area contributed by atoms with Gasteiger partial charge in [0.05, 0.1) is 5.02 Å². The molecule has 1 heterocycles. The molecule has 0 aliphatic rings. The zero-order valence-electron chi connectivity index (χ0n) is 10.3. The Hall–Kier alpha value is -1.12. The lowest BCUT2D eigenvalue weighted by atomic mass is 10.0. The summed E-state index contributed by atoms with van der Waals surface area (Å²) >= 11 is 7.53. The number of aryl methyl sites for hydroxylation is 2. The SMILES string of the molecule is Cc1ccccc1CCC(=O)Cc1sccc1Cl. The lowest BCUT2D eigenvalue weighted by Gasteiger charge is -2.04. The summed E-state index contributed by atoms with van der Waals surface area (Å²) in [5, 5.41) is 2.64. The number of carbonyl (C=O) groups excluding carboxylic acids is 1. The van der Waals surface area contributed by atoms with Gasteiger partial charge in [-0.05, 0) is 35.9 Å². The highest BCUT2D eigenvalue weighted by Gasteiger charge is 2.09. The molecule has 0 radical (unpaired) electrons. The molecule has 2 rings (SSSR count). The van der Waals surface area contributed by atoms with Gasteiger partial charge in [0.25, 0.3) is 0 Å². The molecular formula is C15H15ClOS. The number of thiophene rings is 1. The van der Waals surface area contributed by atoms with Gasteiger partial charge in [0.2, 0.25) is 0 Å². The van der Waals surface area contributed by atoms with Crippen molar-refractivity contribution in [3.05, 3.63) is 56.7 Å². The van der Waals surface area contributed by atoms with Crippen LogP contribution in [-0.4, -0.2) is 5.78 Å². The van der Waals surface area contributed by atoms with Crippen molar-refractivity contribution in [3.63, 3.8) is 0 Å². The van der Waals surface area contributed by atoms with Crippen LogP contribution >= 0.6 is 22.9 Å². The molecule has 1 aromatic heterocycles. The molecule has 0 unspecified atom stereocenters. The highest BCUT2D eigenvalue weighted by Crippen LogP contribution is 2.23. The van der Waals surface area contributed by atoms with E-state index in [-0.39, 0.29) is 5.78 Å². The summed E-state index contributed by atoms with van der Waals surface area (Å²) in [5.74, 6) is 0.252. The van der Waals surface area contributed by atoms with Gasteiger partial charge in [-0.2, -0.15) is 0 Å². The monoisotopic (exact) mass is 278 g/mol. The van der Waals surface area contributed by atoms with Crippen molar-refractivity contribution in [1.82, 2.24) is 0 Å². The molecule has 2 aromatic rings. The zero-order valence-corrected chi connectivity index (χ0v) is 11.9. The van der Waals surface area contributed by atoms with Gasteiger partial charge in [-0.25, -0.2) is 0 Å². The van der Waals surface area contributed by atoms with E-state index in [1.807, 2.05) is 23.6 Å². The summed E-state index contributed by atoms with van der Waals surface area (Å²) in [4.78, 5) is 12.9. The molecule has 0 N–H and O–H groups in total. The second-order valence-electron chi connectivity index (χ2n) is 4.33. The van der Waals surface area contributed by atoms with Crippen molar-refractivity contribution in [2.24, 2.45) is 0 Å². The first-order chi connectivity index (χ1) is 8.66. The van der Waals surface area contributed by atoms with E-state index < -0.39 is 0 Å². The molecule has 1 nitrogen and oxygen atoms in total. The maximum atomic E-state index is 11.9. The number of hydrogen-bond donors (Lipinski definition) is 0. The molecule has 94 valence electrons. The number of halogens is 1. The number of ketones is 1. The highest BCUT2D eigenvalue weighted by molar-refractivity contribution is 7.10. The molecule has 1 aromatic carbocycles. The van der Waals surface area contributed by atoms with Crippen LogP contribution < -0.4 is 0 Å². The summed E-state index contributed by atoms with van der Waals surface area (Å²) < 4.78 is 0. The van der Waals surface area contributed by atoms with Crippen molar-refractivity contribution in [2.75, 3.05) is 0 Å². The molecule has 0 amide bonds. The van der Waals surface area contributed by atoms with Gasteiger partial charge >= 0.3 is 0 Å². The zero-order chi connectivity index (χ0) is 13.0. The molecule has 0 atom stereocenters. The summed E-state index contributed by atoms with van der Waals surface area (Å²) in [5.41, 5.74) is 2.50. The van der Waals surface area contributed by atoms with Crippen LogP contribution in [0, 0.1) is 6.92 Å². The predicted octanol–water partition coefficient (Wildman–Crippen LogP) is 4.45. The van der Waals surface area contributed by atoms with Crippen LogP contribution in [-0.2, 0) is 17.6 Å². The quantitative estimate of drug-likeness (QED) is 0.789. The minimum Gasteiger partial charge on any atom is -0.299 e. The Morgan fingerprint density at radius 1 is 1.28 bits per heavy atom. The molecule has 3 heteroatoms. The smallest absolute Gasteiger partial charge is 0.138 e. The van der Waals surface area contributed by atoms with Gasteiger partial charge in [-0.3, -0.25) is 4.79 Å². The molecule has 0 aliphatic heterocycles. The molecule has 0 aliphatic carbocycles. The Kier molecular flexibility index (Phi) is 4.56. The van der Waals surface area contributed by atoms with Crippen LogP contribution in [0.1, 0.15) is 22.4 Å². The van der Waals surface area contributed by atoms with Crippen molar-refractivity contribution in [1.29, 1.82) is 0 Å². The van der Waals surface area contributed by atoms with E-state index >= 15 is 0 Å². The first kappa shape index (κ1) is 13.3. The topological polar surface area (TPSA) is 17.1 Å². The van der Waals surface area contributed by atoms with Crippen molar-refractivity contribution in [3.8, 4) is 0 Å². The fraction of sp³-hybridized carbons (Fsp3) is 0.267. The number of rotatable bonds is 5. The number of hydrogen-bond acceptors (Lipinski definition) is 2. The van der Waals surface area contributed by atoms with E-state index in [0.29, 0.717) is 17.9 Å². The Morgan fingerprint density at radius 3 is 2.72 bits per heavy atom. The van der Waals surface area contributed by atoms with Gasteiger partial charge in [-0.15, -0.1) is 11.3 Å². The standard InChI is InChI=1S/C15H15ClOS/c1-11-4-2-3-5-12(11)6-7-13(17)10-15-14(16)8-9-18-15/h2-5,8-9H,6-7,10H2,1H3. The average molecular weight is 279 g/mol. The van der Waals surface area contributed by atoms with E-state index in [1.165, 1.54) is 11.1 Å². The second-order valence-corrected chi connectivity index (χ2v) is 5.74. The predicted molar refractivity (Wildman–Crippen MR) is 77.5 cm³/mol. The Balaban J connectivity index is 1.90. The fourth-order valence-electron chi connectivity index (χ4n) is 1.88. The van der Waals surface area contributed by atoms with E-state index in [0.717, 1.165) is 11.3 Å². The third kappa shape index (κ3) is 3.44. The number of benzene rings is 1. The average Bonchev–Trinajstić information content (AvgIpc) is 2.74. The Morgan fingerprint density at radius 2 is 2.06 bits per heavy atom. The second kappa shape index (κ2) is 6.17. The van der Waals surface area contributed by atoms with Crippen LogP contribution in [0.15, 0.2) is 35.7 Å². The van der Waals surface area contributed by atoms with Crippen LogP contribution in [0.5, 0.6) is 0 Å². The summed E-state index contributed by atoms with van der Waals surface area (Å²) in [6, 6.07) is 10.0. The number of carbonyl (C=O) groups is 1. The summed E-state index contributed by atoms with van der Waals surface area (Å²) in [7, 11) is 0. The molecule has 0 fully saturated rings. The van der Waals surface area contributed by atoms with E-state index in [4.69, 9.17) is 11.6 Å². The largest absolute Gasteiger partial charge is 0.299 e. The lowest BCUT2D eigenvalue weighted by Crippen LogP contribution is -2.04. The summed E-state index contributed by atoms with van der Waals surface area (Å²) in [6.07, 6.45) is 1.86. The van der Waals surface area contributed by atoms with E-state index in [9.17, 15) is 4.79 Å². The Labute approximate surface area is 116 Å². The maximum Gasteiger partial charge on any atom is 0.138 e. The molecule has 18 heavy (non-hydrogen) atoms. The first-order valence-corrected chi connectivity index (χ1v) is 7.20.